The zero-order valence-electron chi connectivity index (χ0n) is 19.4. The molecule has 3 aromatic carbocycles. The summed E-state index contributed by atoms with van der Waals surface area (Å²) >= 11 is 9.44. The van der Waals surface area contributed by atoms with Crippen LogP contribution in [0.25, 0.3) is 0 Å². The molecule has 0 radical (unpaired) electrons. The number of hydrazone groups is 1. The van der Waals surface area contributed by atoms with Crippen LogP contribution in [0, 0.1) is 5.82 Å². The van der Waals surface area contributed by atoms with Crippen molar-refractivity contribution in [1.29, 1.82) is 0 Å². The first-order chi connectivity index (χ1) is 17.3. The highest BCUT2D eigenvalue weighted by Gasteiger charge is 2.13. The summed E-state index contributed by atoms with van der Waals surface area (Å²) in [6.45, 7) is 2.62. The number of amides is 2. The van der Waals surface area contributed by atoms with Crippen molar-refractivity contribution in [3.05, 3.63) is 87.1 Å². The van der Waals surface area contributed by atoms with E-state index >= 15 is 0 Å². The van der Waals surface area contributed by atoms with Crippen LogP contribution in [-0.2, 0) is 16.2 Å². The van der Waals surface area contributed by atoms with Crippen LogP contribution in [0.1, 0.15) is 30.9 Å². The van der Waals surface area contributed by atoms with Gasteiger partial charge in [0.25, 0.3) is 0 Å². The molecular formula is C26H24BrClFN3O4. The lowest BCUT2D eigenvalue weighted by Gasteiger charge is -2.14. The number of nitrogens with zero attached hydrogens (tertiary/aromatic N) is 1. The largest absolute Gasteiger partial charge is 0.490 e. The van der Waals surface area contributed by atoms with Gasteiger partial charge in [0.1, 0.15) is 12.4 Å². The Labute approximate surface area is 221 Å². The third kappa shape index (κ3) is 8.66. The van der Waals surface area contributed by atoms with E-state index in [-0.39, 0.29) is 18.7 Å². The molecule has 0 spiro atoms. The van der Waals surface area contributed by atoms with Gasteiger partial charge in [-0.3, -0.25) is 9.59 Å². The molecule has 2 amide bonds. The SMILES string of the molecule is CCOc1cc(C=NNC(=O)CCC(=O)Nc2ccc(F)cc2)cc(Br)c1OCc1ccc(Cl)cc1. The Morgan fingerprint density at radius 1 is 1.03 bits per heavy atom. The molecule has 0 aromatic heterocycles. The second kappa shape index (κ2) is 13.6. The number of nitrogens with one attached hydrogen (secondary N) is 2. The van der Waals surface area contributed by atoms with Crippen molar-refractivity contribution >= 4 is 51.2 Å². The monoisotopic (exact) mass is 575 g/mol. The molecular weight excluding hydrogens is 553 g/mol. The molecule has 0 bridgehead atoms. The summed E-state index contributed by atoms with van der Waals surface area (Å²) in [5, 5.41) is 7.21. The van der Waals surface area contributed by atoms with Crippen molar-refractivity contribution in [2.75, 3.05) is 11.9 Å². The summed E-state index contributed by atoms with van der Waals surface area (Å²) in [4.78, 5) is 24.0. The van der Waals surface area contributed by atoms with Crippen molar-refractivity contribution in [2.24, 2.45) is 5.10 Å². The second-order valence-corrected chi connectivity index (χ2v) is 8.82. The number of benzene rings is 3. The smallest absolute Gasteiger partial charge is 0.240 e. The van der Waals surface area contributed by atoms with E-state index in [4.69, 9.17) is 21.1 Å². The van der Waals surface area contributed by atoms with Crippen molar-refractivity contribution in [1.82, 2.24) is 5.43 Å². The molecule has 0 aliphatic heterocycles. The zero-order chi connectivity index (χ0) is 25.9. The summed E-state index contributed by atoms with van der Waals surface area (Å²) in [5.41, 5.74) is 4.47. The Bertz CT molecular complexity index is 1220. The molecule has 10 heteroatoms. The fourth-order valence-corrected chi connectivity index (χ4v) is 3.72. The quantitative estimate of drug-likeness (QED) is 0.214. The van der Waals surface area contributed by atoms with Gasteiger partial charge in [-0.1, -0.05) is 23.7 Å². The first kappa shape index (κ1) is 27.2. The number of hydrogen-bond acceptors (Lipinski definition) is 5. The molecule has 0 saturated heterocycles. The van der Waals surface area contributed by atoms with Crippen molar-refractivity contribution < 1.29 is 23.5 Å². The molecule has 0 unspecified atom stereocenters. The average molecular weight is 577 g/mol. The minimum absolute atomic E-state index is 0.0432. The number of hydrogen-bond donors (Lipinski definition) is 2. The second-order valence-electron chi connectivity index (χ2n) is 7.53. The lowest BCUT2D eigenvalue weighted by Crippen LogP contribution is -2.20. The summed E-state index contributed by atoms with van der Waals surface area (Å²) in [5.74, 6) is -0.121. The molecule has 0 heterocycles. The minimum Gasteiger partial charge on any atom is -0.490 e. The lowest BCUT2D eigenvalue weighted by atomic mass is 10.2. The lowest BCUT2D eigenvalue weighted by molar-refractivity contribution is -0.124. The van der Waals surface area contributed by atoms with Gasteiger partial charge in [0.2, 0.25) is 11.8 Å². The Morgan fingerprint density at radius 3 is 2.42 bits per heavy atom. The van der Waals surface area contributed by atoms with Crippen LogP contribution in [0.5, 0.6) is 11.5 Å². The Morgan fingerprint density at radius 2 is 1.72 bits per heavy atom. The molecule has 3 rings (SSSR count). The van der Waals surface area contributed by atoms with Gasteiger partial charge in [-0.05, 0) is 82.5 Å². The first-order valence-corrected chi connectivity index (χ1v) is 12.2. The van der Waals surface area contributed by atoms with Crippen molar-refractivity contribution in [2.45, 2.75) is 26.4 Å². The van der Waals surface area contributed by atoms with Gasteiger partial charge >= 0.3 is 0 Å². The summed E-state index contributed by atoms with van der Waals surface area (Å²) in [6.07, 6.45) is 1.36. The standard InChI is InChI=1S/C26H24BrClFN3O4/c1-2-35-23-14-18(13-22(27)26(23)36-16-17-3-5-19(28)6-4-17)15-30-32-25(34)12-11-24(33)31-21-9-7-20(29)8-10-21/h3-10,13-15H,2,11-12,16H2,1H3,(H,31,33)(H,32,34). The average Bonchev–Trinajstić information content (AvgIpc) is 2.85. The Balaban J connectivity index is 1.53. The molecule has 0 saturated carbocycles. The van der Waals surface area contributed by atoms with Gasteiger partial charge in [-0.15, -0.1) is 0 Å². The van der Waals surface area contributed by atoms with E-state index in [1.807, 2.05) is 19.1 Å². The first-order valence-electron chi connectivity index (χ1n) is 11.0. The Kier molecular flexibility index (Phi) is 10.3. The van der Waals surface area contributed by atoms with Crippen LogP contribution in [-0.4, -0.2) is 24.6 Å². The van der Waals surface area contributed by atoms with E-state index < -0.39 is 11.7 Å². The van der Waals surface area contributed by atoms with Crippen LogP contribution < -0.4 is 20.2 Å². The van der Waals surface area contributed by atoms with Gasteiger partial charge < -0.3 is 14.8 Å². The van der Waals surface area contributed by atoms with Gasteiger partial charge in [0, 0.05) is 23.6 Å². The van der Waals surface area contributed by atoms with Crippen LogP contribution in [0.15, 0.2) is 70.2 Å². The Hall–Kier alpha value is -3.43. The van der Waals surface area contributed by atoms with Crippen molar-refractivity contribution in [3.8, 4) is 11.5 Å². The highest BCUT2D eigenvalue weighted by molar-refractivity contribution is 9.10. The molecule has 0 atom stereocenters. The number of carbonyl (C=O) groups excluding carboxylic acids is 2. The van der Waals surface area contributed by atoms with E-state index in [1.165, 1.54) is 30.5 Å². The zero-order valence-corrected chi connectivity index (χ0v) is 21.7. The van der Waals surface area contributed by atoms with Gasteiger partial charge in [-0.2, -0.15) is 5.10 Å². The fraction of sp³-hybridized carbons (Fsp3) is 0.192. The third-order valence-corrected chi connectivity index (χ3v) is 5.58. The molecule has 7 nitrogen and oxygen atoms in total. The molecule has 2 N–H and O–H groups in total. The van der Waals surface area contributed by atoms with Crippen LogP contribution in [0.2, 0.25) is 5.02 Å². The van der Waals surface area contributed by atoms with E-state index in [1.54, 1.807) is 24.3 Å². The third-order valence-electron chi connectivity index (χ3n) is 4.74. The van der Waals surface area contributed by atoms with Gasteiger partial charge in [-0.25, -0.2) is 9.82 Å². The highest BCUT2D eigenvalue weighted by Crippen LogP contribution is 2.37. The van der Waals surface area contributed by atoms with Crippen molar-refractivity contribution in [3.63, 3.8) is 0 Å². The van der Waals surface area contributed by atoms with E-state index in [2.05, 4.69) is 31.8 Å². The maximum atomic E-state index is 12.9. The predicted octanol–water partition coefficient (Wildman–Crippen LogP) is 6.09. The predicted molar refractivity (Wildman–Crippen MR) is 141 cm³/mol. The minimum atomic E-state index is -0.424. The maximum Gasteiger partial charge on any atom is 0.240 e. The summed E-state index contributed by atoms with van der Waals surface area (Å²) in [7, 11) is 0. The summed E-state index contributed by atoms with van der Waals surface area (Å²) in [6, 6.07) is 16.3. The fourth-order valence-electron chi connectivity index (χ4n) is 3.02. The number of rotatable bonds is 11. The van der Waals surface area contributed by atoms with E-state index in [0.29, 0.717) is 45.5 Å². The van der Waals surface area contributed by atoms with Crippen LogP contribution in [0.4, 0.5) is 10.1 Å². The normalized spacial score (nSPS) is 10.8. The number of carbonyl (C=O) groups is 2. The van der Waals surface area contributed by atoms with Gasteiger partial charge in [0.15, 0.2) is 11.5 Å². The maximum absolute atomic E-state index is 12.9. The summed E-state index contributed by atoms with van der Waals surface area (Å²) < 4.78 is 25.3. The molecule has 3 aromatic rings. The van der Waals surface area contributed by atoms with Crippen LogP contribution in [0.3, 0.4) is 0 Å². The number of ether oxygens (including phenoxy) is 2. The van der Waals surface area contributed by atoms with Crippen LogP contribution >= 0.6 is 27.5 Å². The van der Waals surface area contributed by atoms with E-state index in [0.717, 1.165) is 5.56 Å². The molecule has 0 aliphatic carbocycles. The topological polar surface area (TPSA) is 89.0 Å². The molecule has 188 valence electrons. The number of anilines is 1. The highest BCUT2D eigenvalue weighted by atomic mass is 79.9. The number of halogens is 3. The van der Waals surface area contributed by atoms with Gasteiger partial charge in [0.05, 0.1) is 17.3 Å². The van der Waals surface area contributed by atoms with E-state index in [9.17, 15) is 14.0 Å². The molecule has 0 fully saturated rings. The molecule has 36 heavy (non-hydrogen) atoms. The molecule has 0 aliphatic rings.